The number of aromatic amines is 1. The van der Waals surface area contributed by atoms with Crippen molar-refractivity contribution in [3.05, 3.63) is 65.5 Å². The first-order valence-electron chi connectivity index (χ1n) is 9.85. The number of ether oxygens (including phenoxy) is 3. The van der Waals surface area contributed by atoms with E-state index in [4.69, 9.17) is 14.2 Å². The minimum absolute atomic E-state index is 0.144. The average Bonchev–Trinajstić information content (AvgIpc) is 3.32. The minimum atomic E-state index is -0.462. The number of fused-ring (bicyclic) bond motifs is 4. The number of carbonyl (C=O) groups is 2. The Morgan fingerprint density at radius 2 is 1.97 bits per heavy atom. The normalized spacial score (nSPS) is 14.8. The fraction of sp³-hybridized carbons (Fsp3) is 0.217. The number of H-pyrrole nitrogens is 1. The summed E-state index contributed by atoms with van der Waals surface area (Å²) in [6.07, 6.45) is 2.20. The maximum absolute atomic E-state index is 13.2. The molecule has 2 aromatic carbocycles. The van der Waals surface area contributed by atoms with Crippen molar-refractivity contribution >= 4 is 28.4 Å². The third-order valence-corrected chi connectivity index (χ3v) is 5.35. The molecule has 2 aliphatic heterocycles. The molecule has 3 aromatic rings. The summed E-state index contributed by atoms with van der Waals surface area (Å²) >= 11 is 0. The van der Waals surface area contributed by atoms with Crippen molar-refractivity contribution in [1.29, 1.82) is 0 Å². The van der Waals surface area contributed by atoms with Crippen molar-refractivity contribution in [2.45, 2.75) is 13.3 Å². The van der Waals surface area contributed by atoms with Crippen LogP contribution in [0.1, 0.15) is 28.5 Å². The molecular weight excluding hydrogens is 384 g/mol. The van der Waals surface area contributed by atoms with Crippen LogP contribution >= 0.6 is 0 Å². The van der Waals surface area contributed by atoms with Crippen LogP contribution < -0.4 is 9.47 Å². The van der Waals surface area contributed by atoms with Gasteiger partial charge in [-0.05, 0) is 43.2 Å². The van der Waals surface area contributed by atoms with Crippen LogP contribution in [0.4, 0.5) is 0 Å². The highest BCUT2D eigenvalue weighted by atomic mass is 16.7. The van der Waals surface area contributed by atoms with Crippen molar-refractivity contribution in [2.24, 2.45) is 0 Å². The predicted molar refractivity (Wildman–Crippen MR) is 110 cm³/mol. The number of esters is 1. The van der Waals surface area contributed by atoms with Crippen molar-refractivity contribution in [3.8, 4) is 11.5 Å². The average molecular weight is 404 g/mol. The van der Waals surface area contributed by atoms with Crippen molar-refractivity contribution in [2.75, 3.05) is 19.9 Å². The number of benzene rings is 2. The first-order chi connectivity index (χ1) is 14.7. The highest BCUT2D eigenvalue weighted by molar-refractivity contribution is 6.18. The Morgan fingerprint density at radius 3 is 2.83 bits per heavy atom. The van der Waals surface area contributed by atoms with E-state index >= 15 is 0 Å². The molecular formula is C23H20N2O5. The molecule has 7 nitrogen and oxygen atoms in total. The monoisotopic (exact) mass is 404 g/mol. The van der Waals surface area contributed by atoms with Gasteiger partial charge in [0.2, 0.25) is 6.79 Å². The molecule has 1 amide bonds. The Bertz CT molecular complexity index is 1190. The molecule has 0 fully saturated rings. The van der Waals surface area contributed by atoms with Crippen molar-refractivity contribution in [3.63, 3.8) is 0 Å². The summed E-state index contributed by atoms with van der Waals surface area (Å²) in [5.74, 6) is 0.480. The van der Waals surface area contributed by atoms with Crippen molar-refractivity contribution in [1.82, 2.24) is 9.88 Å². The van der Waals surface area contributed by atoms with E-state index in [-0.39, 0.29) is 19.3 Å². The molecule has 1 aromatic heterocycles. The summed E-state index contributed by atoms with van der Waals surface area (Å²) in [7, 11) is 0. The molecule has 5 rings (SSSR count). The first kappa shape index (κ1) is 18.3. The standard InChI is InChI=1S/C23H20N2O5/c1-2-28-23(27)17-12-25(22(26)14-7-8-19-20(11-14)30-13-29-19)10-9-16-15-5-3-4-6-18(15)24-21(16)17/h3-8,11-12,24H,2,9-10,13H2,1H3. The molecule has 0 radical (unpaired) electrons. The fourth-order valence-corrected chi connectivity index (χ4v) is 3.93. The Labute approximate surface area is 172 Å². The Hall–Kier alpha value is -3.74. The summed E-state index contributed by atoms with van der Waals surface area (Å²) in [6, 6.07) is 13.0. The smallest absolute Gasteiger partial charge is 0.341 e. The van der Waals surface area contributed by atoms with Gasteiger partial charge in [0.25, 0.3) is 5.91 Å². The van der Waals surface area contributed by atoms with Gasteiger partial charge in [-0.1, -0.05) is 18.2 Å². The van der Waals surface area contributed by atoms with Gasteiger partial charge in [0.1, 0.15) is 0 Å². The van der Waals surface area contributed by atoms with E-state index in [0.717, 1.165) is 16.5 Å². The fourth-order valence-electron chi connectivity index (χ4n) is 3.93. The molecule has 0 saturated carbocycles. The van der Waals surface area contributed by atoms with Crippen LogP contribution in [0.5, 0.6) is 11.5 Å². The number of aromatic nitrogens is 1. The lowest BCUT2D eigenvalue weighted by molar-refractivity contribution is -0.136. The second kappa shape index (κ2) is 7.26. The van der Waals surface area contributed by atoms with Crippen LogP contribution in [-0.2, 0) is 16.0 Å². The van der Waals surface area contributed by atoms with Crippen LogP contribution in [0, 0.1) is 0 Å². The SMILES string of the molecule is CCOC(=O)C1=CN(C(=O)c2ccc3c(c2)OCO3)CCc2c1[nH]c1ccccc21. The predicted octanol–water partition coefficient (Wildman–Crippen LogP) is 3.50. The second-order valence-corrected chi connectivity index (χ2v) is 7.10. The molecule has 0 atom stereocenters. The number of rotatable bonds is 3. The van der Waals surface area contributed by atoms with Gasteiger partial charge in [-0.3, -0.25) is 4.79 Å². The molecule has 7 heteroatoms. The first-order valence-corrected chi connectivity index (χ1v) is 9.85. The quantitative estimate of drug-likeness (QED) is 0.676. The molecule has 152 valence electrons. The Morgan fingerprint density at radius 1 is 1.13 bits per heavy atom. The van der Waals surface area contributed by atoms with E-state index in [9.17, 15) is 9.59 Å². The van der Waals surface area contributed by atoms with E-state index in [0.29, 0.717) is 41.3 Å². The maximum atomic E-state index is 13.2. The lowest BCUT2D eigenvalue weighted by Crippen LogP contribution is -2.28. The summed E-state index contributed by atoms with van der Waals surface area (Å²) in [6.45, 7) is 2.59. The lowest BCUT2D eigenvalue weighted by Gasteiger charge is -2.18. The maximum Gasteiger partial charge on any atom is 0.341 e. The molecule has 0 spiro atoms. The topological polar surface area (TPSA) is 80.9 Å². The van der Waals surface area contributed by atoms with Crippen LogP contribution in [0.2, 0.25) is 0 Å². The summed E-state index contributed by atoms with van der Waals surface area (Å²) in [5.41, 5.74) is 3.47. The zero-order chi connectivity index (χ0) is 20.7. The van der Waals surface area contributed by atoms with E-state index in [1.165, 1.54) is 0 Å². The van der Waals surface area contributed by atoms with E-state index in [2.05, 4.69) is 4.98 Å². The molecule has 0 saturated heterocycles. The Balaban J connectivity index is 1.56. The number of nitrogens with one attached hydrogen (secondary N) is 1. The molecule has 0 unspecified atom stereocenters. The van der Waals surface area contributed by atoms with Crippen LogP contribution in [-0.4, -0.2) is 41.7 Å². The molecule has 3 heterocycles. The summed E-state index contributed by atoms with van der Waals surface area (Å²) < 4.78 is 16.0. The molecule has 1 N–H and O–H groups in total. The van der Waals surface area contributed by atoms with Gasteiger partial charge in [-0.15, -0.1) is 0 Å². The number of hydrogen-bond donors (Lipinski definition) is 1. The van der Waals surface area contributed by atoms with Gasteiger partial charge >= 0.3 is 5.97 Å². The van der Waals surface area contributed by atoms with Gasteiger partial charge < -0.3 is 24.1 Å². The largest absolute Gasteiger partial charge is 0.462 e. The van der Waals surface area contributed by atoms with E-state index in [1.807, 2.05) is 24.3 Å². The van der Waals surface area contributed by atoms with Gasteiger partial charge in [-0.25, -0.2) is 4.79 Å². The molecule has 30 heavy (non-hydrogen) atoms. The zero-order valence-electron chi connectivity index (χ0n) is 16.4. The summed E-state index contributed by atoms with van der Waals surface area (Å²) in [5, 5.41) is 1.04. The number of carbonyl (C=O) groups excluding carboxylic acids is 2. The highest BCUT2D eigenvalue weighted by Crippen LogP contribution is 2.34. The zero-order valence-corrected chi connectivity index (χ0v) is 16.4. The van der Waals surface area contributed by atoms with Crippen LogP contribution in [0.15, 0.2) is 48.7 Å². The van der Waals surface area contributed by atoms with Gasteiger partial charge in [-0.2, -0.15) is 0 Å². The van der Waals surface area contributed by atoms with Crippen LogP contribution in [0.3, 0.4) is 0 Å². The Kier molecular flexibility index (Phi) is 4.43. The number of nitrogens with zero attached hydrogens (tertiary/aromatic N) is 1. The number of para-hydroxylation sites is 1. The van der Waals surface area contributed by atoms with E-state index < -0.39 is 5.97 Å². The molecule has 0 aliphatic carbocycles. The highest BCUT2D eigenvalue weighted by Gasteiger charge is 2.28. The third-order valence-electron chi connectivity index (χ3n) is 5.35. The molecule has 2 aliphatic rings. The third kappa shape index (κ3) is 2.99. The van der Waals surface area contributed by atoms with Crippen LogP contribution in [0.25, 0.3) is 16.5 Å². The summed E-state index contributed by atoms with van der Waals surface area (Å²) in [4.78, 5) is 30.9. The van der Waals surface area contributed by atoms with Crippen molar-refractivity contribution < 1.29 is 23.8 Å². The lowest BCUT2D eigenvalue weighted by atomic mass is 10.0. The number of amides is 1. The number of hydrogen-bond acceptors (Lipinski definition) is 5. The second-order valence-electron chi connectivity index (χ2n) is 7.10. The van der Waals surface area contributed by atoms with Gasteiger partial charge in [0, 0.05) is 29.2 Å². The molecule has 0 bridgehead atoms. The van der Waals surface area contributed by atoms with Gasteiger partial charge in [0.15, 0.2) is 11.5 Å². The van der Waals surface area contributed by atoms with E-state index in [1.54, 1.807) is 36.2 Å². The van der Waals surface area contributed by atoms with Gasteiger partial charge in [0.05, 0.1) is 17.9 Å². The minimum Gasteiger partial charge on any atom is -0.462 e.